The van der Waals surface area contributed by atoms with E-state index >= 15 is 0 Å². The van der Waals surface area contributed by atoms with E-state index in [2.05, 4.69) is 82.3 Å². The zero-order valence-electron chi connectivity index (χ0n) is 16.7. The first-order valence-corrected chi connectivity index (χ1v) is 9.81. The number of nitrogens with two attached hydrogens (primary N) is 2. The van der Waals surface area contributed by atoms with E-state index in [1.807, 2.05) is 12.4 Å². The standard InChI is InChI=1S/C23H26N6/c1-14(2)22(25)23-27-13-20(29-23)18-9-5-16(6-10-18)15-3-7-17(8-4-15)19-12-26-21(11-24)28-19/h3-10,12-14,22H,11,24-25H2,1-2H3,(H,26,28)(H,27,29). The summed E-state index contributed by atoms with van der Waals surface area (Å²) in [6.07, 6.45) is 3.66. The number of rotatable bonds is 6. The Bertz CT molecular complexity index is 1070. The van der Waals surface area contributed by atoms with E-state index in [1.54, 1.807) is 0 Å². The first-order valence-electron chi connectivity index (χ1n) is 9.81. The lowest BCUT2D eigenvalue weighted by Gasteiger charge is -2.12. The van der Waals surface area contributed by atoms with Gasteiger partial charge in [0.25, 0.3) is 0 Å². The van der Waals surface area contributed by atoms with Crippen LogP contribution in [0, 0.1) is 5.92 Å². The Labute approximate surface area is 170 Å². The minimum Gasteiger partial charge on any atom is -0.341 e. The number of nitrogens with zero attached hydrogens (tertiary/aromatic N) is 2. The molecule has 2 heterocycles. The molecule has 0 aliphatic rings. The molecule has 0 amide bonds. The summed E-state index contributed by atoms with van der Waals surface area (Å²) >= 11 is 0. The molecule has 6 nitrogen and oxygen atoms in total. The highest BCUT2D eigenvalue weighted by molar-refractivity contribution is 5.71. The van der Waals surface area contributed by atoms with Crippen LogP contribution in [0.5, 0.6) is 0 Å². The molecule has 2 aromatic carbocycles. The average Bonchev–Trinajstić information content (AvgIpc) is 3.43. The van der Waals surface area contributed by atoms with Crippen molar-refractivity contribution < 1.29 is 0 Å². The van der Waals surface area contributed by atoms with E-state index in [1.165, 1.54) is 0 Å². The van der Waals surface area contributed by atoms with Crippen LogP contribution in [0.1, 0.15) is 31.5 Å². The van der Waals surface area contributed by atoms with Crippen molar-refractivity contribution in [1.82, 2.24) is 19.9 Å². The third-order valence-corrected chi connectivity index (χ3v) is 5.18. The third-order valence-electron chi connectivity index (χ3n) is 5.18. The van der Waals surface area contributed by atoms with Gasteiger partial charge in [0.1, 0.15) is 11.6 Å². The van der Waals surface area contributed by atoms with Crippen molar-refractivity contribution in [1.29, 1.82) is 0 Å². The molecular weight excluding hydrogens is 360 g/mol. The minimum atomic E-state index is -0.0858. The van der Waals surface area contributed by atoms with E-state index in [0.717, 1.165) is 45.3 Å². The van der Waals surface area contributed by atoms with E-state index in [9.17, 15) is 0 Å². The summed E-state index contributed by atoms with van der Waals surface area (Å²) in [6.45, 7) is 4.60. The number of aromatic amines is 2. The summed E-state index contributed by atoms with van der Waals surface area (Å²) in [5.41, 5.74) is 18.3. The van der Waals surface area contributed by atoms with Gasteiger partial charge in [-0.1, -0.05) is 62.4 Å². The monoisotopic (exact) mass is 386 g/mol. The van der Waals surface area contributed by atoms with Gasteiger partial charge in [-0.15, -0.1) is 0 Å². The van der Waals surface area contributed by atoms with Crippen molar-refractivity contribution in [3.63, 3.8) is 0 Å². The molecule has 29 heavy (non-hydrogen) atoms. The van der Waals surface area contributed by atoms with Crippen molar-refractivity contribution in [2.45, 2.75) is 26.4 Å². The molecule has 0 saturated carbocycles. The van der Waals surface area contributed by atoms with Crippen LogP contribution in [0.4, 0.5) is 0 Å². The predicted molar refractivity (Wildman–Crippen MR) is 117 cm³/mol. The smallest absolute Gasteiger partial charge is 0.123 e. The molecule has 1 atom stereocenters. The molecule has 0 aliphatic heterocycles. The fourth-order valence-corrected chi connectivity index (χ4v) is 3.27. The number of aromatic nitrogens is 4. The van der Waals surface area contributed by atoms with Crippen LogP contribution in [-0.4, -0.2) is 19.9 Å². The highest BCUT2D eigenvalue weighted by Gasteiger charge is 2.14. The highest BCUT2D eigenvalue weighted by Crippen LogP contribution is 2.27. The maximum Gasteiger partial charge on any atom is 0.123 e. The number of hydrogen-bond acceptors (Lipinski definition) is 4. The fraction of sp³-hybridized carbons (Fsp3) is 0.217. The Morgan fingerprint density at radius 3 is 1.72 bits per heavy atom. The van der Waals surface area contributed by atoms with Gasteiger partial charge < -0.3 is 21.4 Å². The third kappa shape index (κ3) is 3.99. The molecule has 4 rings (SSSR count). The van der Waals surface area contributed by atoms with Gasteiger partial charge in [-0.25, -0.2) is 9.97 Å². The summed E-state index contributed by atoms with van der Waals surface area (Å²) in [5.74, 6) is 1.95. The van der Waals surface area contributed by atoms with Gasteiger partial charge >= 0.3 is 0 Å². The highest BCUT2D eigenvalue weighted by atomic mass is 15.0. The minimum absolute atomic E-state index is 0.0858. The summed E-state index contributed by atoms with van der Waals surface area (Å²) in [4.78, 5) is 15.3. The lowest BCUT2D eigenvalue weighted by atomic mass is 10.0. The first-order chi connectivity index (χ1) is 14.0. The van der Waals surface area contributed by atoms with Gasteiger partial charge in [0, 0.05) is 0 Å². The summed E-state index contributed by atoms with van der Waals surface area (Å²) < 4.78 is 0. The van der Waals surface area contributed by atoms with Gasteiger partial charge in [0.15, 0.2) is 0 Å². The van der Waals surface area contributed by atoms with Crippen LogP contribution >= 0.6 is 0 Å². The Morgan fingerprint density at radius 2 is 1.24 bits per heavy atom. The zero-order chi connectivity index (χ0) is 20.4. The molecule has 0 fully saturated rings. The van der Waals surface area contributed by atoms with Crippen molar-refractivity contribution >= 4 is 0 Å². The molecule has 0 saturated heterocycles. The van der Waals surface area contributed by atoms with Crippen molar-refractivity contribution in [2.75, 3.05) is 0 Å². The quantitative estimate of drug-likeness (QED) is 0.397. The summed E-state index contributed by atoms with van der Waals surface area (Å²) in [7, 11) is 0. The Kier molecular flexibility index (Phi) is 5.29. The Morgan fingerprint density at radius 1 is 0.759 bits per heavy atom. The van der Waals surface area contributed by atoms with E-state index < -0.39 is 0 Å². The van der Waals surface area contributed by atoms with Crippen molar-refractivity contribution in [2.24, 2.45) is 17.4 Å². The fourth-order valence-electron chi connectivity index (χ4n) is 3.27. The lowest BCUT2D eigenvalue weighted by Crippen LogP contribution is -2.18. The molecule has 6 N–H and O–H groups in total. The van der Waals surface area contributed by atoms with Crippen molar-refractivity contribution in [3.05, 3.63) is 72.6 Å². The molecule has 0 bridgehead atoms. The van der Waals surface area contributed by atoms with Gasteiger partial charge in [-0.2, -0.15) is 0 Å². The average molecular weight is 387 g/mol. The SMILES string of the molecule is CC(C)C(N)c1ncc(-c2ccc(-c3ccc(-c4cnc(CN)[nH]4)cc3)cc2)[nH]1. The van der Waals surface area contributed by atoms with Crippen molar-refractivity contribution in [3.8, 4) is 33.6 Å². The second-order valence-electron chi connectivity index (χ2n) is 7.55. The lowest BCUT2D eigenvalue weighted by molar-refractivity contribution is 0.494. The predicted octanol–water partition coefficient (Wildman–Crippen LogP) is 4.25. The number of nitrogens with one attached hydrogen (secondary N) is 2. The number of H-pyrrole nitrogens is 2. The van der Waals surface area contributed by atoms with Crippen LogP contribution in [0.25, 0.3) is 33.6 Å². The number of hydrogen-bond donors (Lipinski definition) is 4. The maximum atomic E-state index is 6.19. The van der Waals surface area contributed by atoms with Crippen LogP contribution < -0.4 is 11.5 Å². The molecule has 1 unspecified atom stereocenters. The molecule has 4 aromatic rings. The Balaban J connectivity index is 1.52. The molecule has 0 spiro atoms. The van der Waals surface area contributed by atoms with Crippen LogP contribution in [0.2, 0.25) is 0 Å². The molecule has 0 radical (unpaired) electrons. The largest absolute Gasteiger partial charge is 0.341 e. The van der Waals surface area contributed by atoms with Gasteiger partial charge in [0.2, 0.25) is 0 Å². The van der Waals surface area contributed by atoms with Gasteiger partial charge in [-0.3, -0.25) is 0 Å². The molecule has 148 valence electrons. The molecule has 0 aliphatic carbocycles. The second-order valence-corrected chi connectivity index (χ2v) is 7.55. The maximum absolute atomic E-state index is 6.19. The second kappa shape index (κ2) is 8.03. The van der Waals surface area contributed by atoms with Crippen LogP contribution in [0.3, 0.4) is 0 Å². The van der Waals surface area contributed by atoms with Gasteiger partial charge in [0.05, 0.1) is 36.4 Å². The topological polar surface area (TPSA) is 109 Å². The van der Waals surface area contributed by atoms with E-state index in [4.69, 9.17) is 11.5 Å². The van der Waals surface area contributed by atoms with E-state index in [-0.39, 0.29) is 6.04 Å². The first kappa shape index (κ1) is 19.1. The molecular formula is C23H26N6. The summed E-state index contributed by atoms with van der Waals surface area (Å²) in [6, 6.07) is 16.8. The zero-order valence-corrected chi connectivity index (χ0v) is 16.7. The normalized spacial score (nSPS) is 12.4. The molecule has 6 heteroatoms. The van der Waals surface area contributed by atoms with Crippen LogP contribution in [0.15, 0.2) is 60.9 Å². The van der Waals surface area contributed by atoms with E-state index in [0.29, 0.717) is 12.5 Å². The van der Waals surface area contributed by atoms with Gasteiger partial charge in [-0.05, 0) is 28.2 Å². The molecule has 2 aromatic heterocycles. The Hall–Kier alpha value is -3.22. The summed E-state index contributed by atoms with van der Waals surface area (Å²) in [5, 5.41) is 0. The van der Waals surface area contributed by atoms with Crippen LogP contribution in [-0.2, 0) is 6.54 Å². The number of benzene rings is 2. The number of imidazole rings is 2.